The number of fused-ring (bicyclic) bond motifs is 1. The lowest BCUT2D eigenvalue weighted by molar-refractivity contribution is 0.602. The quantitative estimate of drug-likeness (QED) is 0.692. The van der Waals surface area contributed by atoms with Gasteiger partial charge in [-0.15, -0.1) is 0 Å². The highest BCUT2D eigenvalue weighted by Gasteiger charge is 2.13. The van der Waals surface area contributed by atoms with Crippen LogP contribution in [0, 0.1) is 6.92 Å². The first-order valence-electron chi connectivity index (χ1n) is 5.29. The number of nitrogens with zero attached hydrogens (tertiary/aromatic N) is 3. The van der Waals surface area contributed by atoms with E-state index < -0.39 is 0 Å². The molecular formula is C12H12N4O. The Bertz CT molecular complexity index is 696. The number of nitrogens with two attached hydrogens (primary N) is 1. The van der Waals surface area contributed by atoms with E-state index in [2.05, 4.69) is 10.1 Å². The summed E-state index contributed by atoms with van der Waals surface area (Å²) in [5, 5.41) is 4.30. The lowest BCUT2D eigenvalue weighted by Crippen LogP contribution is -1.97. The van der Waals surface area contributed by atoms with Gasteiger partial charge in [-0.3, -0.25) is 4.68 Å². The lowest BCUT2D eigenvalue weighted by Gasteiger charge is -2.01. The minimum atomic E-state index is 0.654. The molecule has 2 N–H and O–H groups in total. The zero-order chi connectivity index (χ0) is 12.0. The number of aryl methyl sites for hydroxylation is 2. The van der Waals surface area contributed by atoms with Gasteiger partial charge in [-0.25, -0.2) is 4.98 Å². The number of oxazole rings is 1. The average molecular weight is 228 g/mol. The molecule has 0 radical (unpaired) electrons. The van der Waals surface area contributed by atoms with E-state index in [0.717, 1.165) is 27.9 Å². The van der Waals surface area contributed by atoms with Gasteiger partial charge in [0.05, 0.1) is 5.69 Å². The van der Waals surface area contributed by atoms with E-state index in [1.807, 2.05) is 32.2 Å². The van der Waals surface area contributed by atoms with E-state index in [4.69, 9.17) is 10.2 Å². The predicted octanol–water partition coefficient (Wildman–Crippen LogP) is 2.12. The summed E-state index contributed by atoms with van der Waals surface area (Å²) < 4.78 is 6.96. The van der Waals surface area contributed by atoms with Crippen LogP contribution in [0.25, 0.3) is 22.2 Å². The minimum absolute atomic E-state index is 0.654. The van der Waals surface area contributed by atoms with Crippen LogP contribution in [0.15, 0.2) is 29.0 Å². The second kappa shape index (κ2) is 3.35. The smallest absolute Gasteiger partial charge is 0.181 e. The Morgan fingerprint density at radius 3 is 2.88 bits per heavy atom. The zero-order valence-electron chi connectivity index (χ0n) is 9.64. The van der Waals surface area contributed by atoms with Crippen molar-refractivity contribution in [3.8, 4) is 11.1 Å². The monoisotopic (exact) mass is 228 g/mol. The highest BCUT2D eigenvalue weighted by atomic mass is 16.3. The number of rotatable bonds is 1. The molecule has 5 nitrogen and oxygen atoms in total. The number of hydrogen-bond acceptors (Lipinski definition) is 4. The normalized spacial score (nSPS) is 11.2. The first-order chi connectivity index (χ1) is 8.16. The van der Waals surface area contributed by atoms with Crippen molar-refractivity contribution < 1.29 is 4.42 Å². The molecule has 2 aromatic heterocycles. The molecule has 86 valence electrons. The van der Waals surface area contributed by atoms with Gasteiger partial charge in [0, 0.05) is 12.6 Å². The van der Waals surface area contributed by atoms with Gasteiger partial charge in [-0.05, 0) is 24.6 Å². The van der Waals surface area contributed by atoms with Gasteiger partial charge in [0.15, 0.2) is 12.0 Å². The van der Waals surface area contributed by atoms with Crippen molar-refractivity contribution >= 4 is 16.9 Å². The summed E-state index contributed by atoms with van der Waals surface area (Å²) in [4.78, 5) is 4.08. The maximum atomic E-state index is 6.01. The summed E-state index contributed by atoms with van der Waals surface area (Å²) in [7, 11) is 1.83. The highest BCUT2D eigenvalue weighted by molar-refractivity contribution is 5.84. The van der Waals surface area contributed by atoms with Crippen molar-refractivity contribution in [3.63, 3.8) is 0 Å². The largest absolute Gasteiger partial charge is 0.443 e. The van der Waals surface area contributed by atoms with Crippen LogP contribution in [0.1, 0.15) is 5.69 Å². The molecule has 0 amide bonds. The molecule has 1 aromatic carbocycles. The molecule has 0 unspecified atom stereocenters. The summed E-state index contributed by atoms with van der Waals surface area (Å²) in [6.07, 6.45) is 1.44. The third-order valence-corrected chi connectivity index (χ3v) is 2.89. The Balaban J connectivity index is 2.26. The van der Waals surface area contributed by atoms with Gasteiger partial charge in [-0.2, -0.15) is 5.10 Å². The standard InChI is InChI=1S/C12H12N4O/c1-7-11(12(13)16(2)15-7)8-3-4-9-10(5-8)17-6-14-9/h3-6H,13H2,1-2H3. The van der Waals surface area contributed by atoms with Crippen molar-refractivity contribution in [1.82, 2.24) is 14.8 Å². The van der Waals surface area contributed by atoms with E-state index in [9.17, 15) is 0 Å². The highest BCUT2D eigenvalue weighted by Crippen LogP contribution is 2.30. The molecule has 0 saturated carbocycles. The van der Waals surface area contributed by atoms with E-state index in [1.165, 1.54) is 6.39 Å². The zero-order valence-corrected chi connectivity index (χ0v) is 9.64. The number of benzene rings is 1. The fourth-order valence-corrected chi connectivity index (χ4v) is 2.04. The summed E-state index contributed by atoms with van der Waals surface area (Å²) in [5.74, 6) is 0.654. The van der Waals surface area contributed by atoms with Crippen LogP contribution in [0.3, 0.4) is 0 Å². The van der Waals surface area contributed by atoms with Crippen molar-refractivity contribution in [1.29, 1.82) is 0 Å². The number of hydrogen-bond donors (Lipinski definition) is 1. The van der Waals surface area contributed by atoms with Gasteiger partial charge in [0.1, 0.15) is 11.3 Å². The van der Waals surface area contributed by atoms with E-state index in [1.54, 1.807) is 4.68 Å². The maximum Gasteiger partial charge on any atom is 0.181 e. The Labute approximate surface area is 97.9 Å². The number of anilines is 1. The first-order valence-corrected chi connectivity index (χ1v) is 5.29. The van der Waals surface area contributed by atoms with Crippen LogP contribution in [0.5, 0.6) is 0 Å². The SMILES string of the molecule is Cc1nn(C)c(N)c1-c1ccc2ncoc2c1. The number of nitrogen functional groups attached to an aromatic ring is 1. The fraction of sp³-hybridized carbons (Fsp3) is 0.167. The molecule has 3 aromatic rings. The van der Waals surface area contributed by atoms with Crippen molar-refractivity contribution in [3.05, 3.63) is 30.3 Å². The Morgan fingerprint density at radius 2 is 2.18 bits per heavy atom. The Morgan fingerprint density at radius 1 is 1.35 bits per heavy atom. The van der Waals surface area contributed by atoms with Crippen LogP contribution < -0.4 is 5.73 Å². The molecule has 2 heterocycles. The molecule has 0 aliphatic rings. The van der Waals surface area contributed by atoms with Crippen molar-refractivity contribution in [2.24, 2.45) is 7.05 Å². The third-order valence-electron chi connectivity index (χ3n) is 2.89. The summed E-state index contributed by atoms with van der Waals surface area (Å²) in [5.41, 5.74) is 10.5. The average Bonchev–Trinajstić information content (AvgIpc) is 2.84. The third kappa shape index (κ3) is 1.39. The first kappa shape index (κ1) is 9.89. The summed E-state index contributed by atoms with van der Waals surface area (Å²) >= 11 is 0. The predicted molar refractivity (Wildman–Crippen MR) is 65.4 cm³/mol. The van der Waals surface area contributed by atoms with Crippen LogP contribution in [-0.2, 0) is 7.05 Å². The Hall–Kier alpha value is -2.30. The molecule has 0 aliphatic heterocycles. The second-order valence-electron chi connectivity index (χ2n) is 4.00. The van der Waals surface area contributed by atoms with Crippen molar-refractivity contribution in [2.45, 2.75) is 6.92 Å². The van der Waals surface area contributed by atoms with Crippen LogP contribution in [0.4, 0.5) is 5.82 Å². The molecule has 17 heavy (non-hydrogen) atoms. The Kier molecular flexibility index (Phi) is 1.95. The van der Waals surface area contributed by atoms with E-state index in [-0.39, 0.29) is 0 Å². The molecule has 0 fully saturated rings. The topological polar surface area (TPSA) is 69.9 Å². The van der Waals surface area contributed by atoms with E-state index in [0.29, 0.717) is 5.82 Å². The number of aromatic nitrogens is 3. The molecule has 0 saturated heterocycles. The van der Waals surface area contributed by atoms with Gasteiger partial charge in [-0.1, -0.05) is 6.07 Å². The van der Waals surface area contributed by atoms with Crippen LogP contribution >= 0.6 is 0 Å². The van der Waals surface area contributed by atoms with E-state index >= 15 is 0 Å². The van der Waals surface area contributed by atoms with Crippen LogP contribution in [-0.4, -0.2) is 14.8 Å². The summed E-state index contributed by atoms with van der Waals surface area (Å²) in [6, 6.07) is 5.83. The molecule has 0 spiro atoms. The lowest BCUT2D eigenvalue weighted by atomic mass is 10.1. The van der Waals surface area contributed by atoms with Gasteiger partial charge < -0.3 is 10.2 Å². The maximum absolute atomic E-state index is 6.01. The van der Waals surface area contributed by atoms with Crippen molar-refractivity contribution in [2.75, 3.05) is 5.73 Å². The molecular weight excluding hydrogens is 216 g/mol. The molecule has 0 aliphatic carbocycles. The van der Waals surface area contributed by atoms with Crippen LogP contribution in [0.2, 0.25) is 0 Å². The molecule has 0 atom stereocenters. The van der Waals surface area contributed by atoms with Gasteiger partial charge >= 0.3 is 0 Å². The second-order valence-corrected chi connectivity index (χ2v) is 4.00. The summed E-state index contributed by atoms with van der Waals surface area (Å²) in [6.45, 7) is 1.94. The molecule has 0 bridgehead atoms. The van der Waals surface area contributed by atoms with Gasteiger partial charge in [0.2, 0.25) is 0 Å². The minimum Gasteiger partial charge on any atom is -0.443 e. The fourth-order valence-electron chi connectivity index (χ4n) is 2.04. The molecule has 3 rings (SSSR count). The molecule has 5 heteroatoms. The van der Waals surface area contributed by atoms with Gasteiger partial charge in [0.25, 0.3) is 0 Å².